The van der Waals surface area contributed by atoms with Crippen molar-refractivity contribution < 1.29 is 4.79 Å². The number of hydrogen-bond acceptors (Lipinski definition) is 1. The van der Waals surface area contributed by atoms with Crippen LogP contribution in [0.1, 0.15) is 50.0 Å². The molecule has 0 aliphatic rings. The zero-order valence-corrected chi connectivity index (χ0v) is 11.6. The molecule has 0 aromatic heterocycles. The predicted octanol–water partition coefficient (Wildman–Crippen LogP) is 3.13. The van der Waals surface area contributed by atoms with E-state index in [1.54, 1.807) is 6.92 Å². The van der Waals surface area contributed by atoms with Crippen LogP contribution in [0.2, 0.25) is 0 Å². The molecule has 0 aliphatic carbocycles. The average Bonchev–Trinajstić information content (AvgIpc) is 2.33. The second kappa shape index (κ2) is 6.26. The van der Waals surface area contributed by atoms with E-state index in [2.05, 4.69) is 37.9 Å². The molecule has 0 bridgehead atoms. The SMILES string of the molecule is CC#CCCNC(=O)c1ccc(C(C)(C)C)cc1. The van der Waals surface area contributed by atoms with E-state index >= 15 is 0 Å². The van der Waals surface area contributed by atoms with Gasteiger partial charge in [-0.25, -0.2) is 0 Å². The Bertz CT molecular complexity index is 455. The molecule has 2 nitrogen and oxygen atoms in total. The van der Waals surface area contributed by atoms with E-state index in [1.807, 2.05) is 24.3 Å². The van der Waals surface area contributed by atoms with Crippen LogP contribution in [0.15, 0.2) is 24.3 Å². The van der Waals surface area contributed by atoms with Crippen LogP contribution in [-0.4, -0.2) is 12.5 Å². The molecule has 0 fully saturated rings. The van der Waals surface area contributed by atoms with E-state index in [9.17, 15) is 4.79 Å². The molecule has 1 rings (SSSR count). The van der Waals surface area contributed by atoms with Gasteiger partial charge in [0.15, 0.2) is 0 Å². The molecule has 0 radical (unpaired) electrons. The molecule has 1 aromatic carbocycles. The van der Waals surface area contributed by atoms with Crippen LogP contribution in [0.3, 0.4) is 0 Å². The summed E-state index contributed by atoms with van der Waals surface area (Å²) in [4.78, 5) is 11.8. The normalized spacial score (nSPS) is 10.4. The van der Waals surface area contributed by atoms with Crippen LogP contribution < -0.4 is 5.32 Å². The van der Waals surface area contributed by atoms with Crippen molar-refractivity contribution in [2.24, 2.45) is 0 Å². The fraction of sp³-hybridized carbons (Fsp3) is 0.438. The summed E-state index contributed by atoms with van der Waals surface area (Å²) >= 11 is 0. The van der Waals surface area contributed by atoms with Crippen molar-refractivity contribution in [3.05, 3.63) is 35.4 Å². The van der Waals surface area contributed by atoms with Crippen molar-refractivity contribution in [3.63, 3.8) is 0 Å². The fourth-order valence-corrected chi connectivity index (χ4v) is 1.59. The van der Waals surface area contributed by atoms with Crippen molar-refractivity contribution in [2.45, 2.75) is 39.5 Å². The first-order valence-electron chi connectivity index (χ1n) is 6.23. The summed E-state index contributed by atoms with van der Waals surface area (Å²) < 4.78 is 0. The fourth-order valence-electron chi connectivity index (χ4n) is 1.59. The lowest BCUT2D eigenvalue weighted by molar-refractivity contribution is 0.0954. The van der Waals surface area contributed by atoms with Gasteiger partial charge in [0.2, 0.25) is 0 Å². The largest absolute Gasteiger partial charge is 0.351 e. The van der Waals surface area contributed by atoms with E-state index in [4.69, 9.17) is 0 Å². The highest BCUT2D eigenvalue weighted by Crippen LogP contribution is 2.22. The summed E-state index contributed by atoms with van der Waals surface area (Å²) in [6.07, 6.45) is 0.697. The average molecular weight is 243 g/mol. The number of amides is 1. The van der Waals surface area contributed by atoms with Crippen LogP contribution in [0.5, 0.6) is 0 Å². The van der Waals surface area contributed by atoms with E-state index in [1.165, 1.54) is 5.56 Å². The number of nitrogens with one attached hydrogen (secondary N) is 1. The highest BCUT2D eigenvalue weighted by Gasteiger charge is 2.13. The summed E-state index contributed by atoms with van der Waals surface area (Å²) in [6.45, 7) is 8.87. The summed E-state index contributed by atoms with van der Waals surface area (Å²) in [5, 5.41) is 2.85. The third-order valence-electron chi connectivity index (χ3n) is 2.73. The van der Waals surface area contributed by atoms with Gasteiger partial charge in [0.1, 0.15) is 0 Å². The van der Waals surface area contributed by atoms with Crippen molar-refractivity contribution in [3.8, 4) is 11.8 Å². The third-order valence-corrected chi connectivity index (χ3v) is 2.73. The molecule has 0 atom stereocenters. The molecule has 0 aliphatic heterocycles. The molecule has 1 aromatic rings. The number of benzene rings is 1. The minimum absolute atomic E-state index is 0.0339. The minimum Gasteiger partial charge on any atom is -0.351 e. The van der Waals surface area contributed by atoms with Gasteiger partial charge in [-0.1, -0.05) is 32.9 Å². The van der Waals surface area contributed by atoms with E-state index in [0.29, 0.717) is 18.5 Å². The van der Waals surface area contributed by atoms with Crippen LogP contribution >= 0.6 is 0 Å². The molecule has 0 unspecified atom stereocenters. The standard InChI is InChI=1S/C16H21NO/c1-5-6-7-12-17-15(18)13-8-10-14(11-9-13)16(2,3)4/h8-11H,7,12H2,1-4H3,(H,17,18). The van der Waals surface area contributed by atoms with Crippen LogP contribution in [0, 0.1) is 11.8 Å². The van der Waals surface area contributed by atoms with Crippen LogP contribution in [0.4, 0.5) is 0 Å². The molecule has 1 amide bonds. The zero-order chi connectivity index (χ0) is 13.6. The highest BCUT2D eigenvalue weighted by molar-refractivity contribution is 5.94. The summed E-state index contributed by atoms with van der Waals surface area (Å²) in [6, 6.07) is 7.78. The Labute approximate surface area is 110 Å². The molecule has 2 heteroatoms. The highest BCUT2D eigenvalue weighted by atomic mass is 16.1. The Morgan fingerprint density at radius 2 is 1.83 bits per heavy atom. The smallest absolute Gasteiger partial charge is 0.251 e. The first-order chi connectivity index (χ1) is 8.45. The lowest BCUT2D eigenvalue weighted by Crippen LogP contribution is -2.24. The molecular weight excluding hydrogens is 222 g/mol. The number of carbonyl (C=O) groups excluding carboxylic acids is 1. The molecule has 18 heavy (non-hydrogen) atoms. The molecule has 1 N–H and O–H groups in total. The Balaban J connectivity index is 2.61. The van der Waals surface area contributed by atoms with E-state index in [-0.39, 0.29) is 11.3 Å². The van der Waals surface area contributed by atoms with Crippen molar-refractivity contribution in [1.82, 2.24) is 5.32 Å². The lowest BCUT2D eigenvalue weighted by Gasteiger charge is -2.19. The Morgan fingerprint density at radius 1 is 1.22 bits per heavy atom. The van der Waals surface area contributed by atoms with Gasteiger partial charge in [-0.2, -0.15) is 0 Å². The molecule has 0 heterocycles. The molecular formula is C16H21NO. The first-order valence-corrected chi connectivity index (χ1v) is 6.23. The predicted molar refractivity (Wildman–Crippen MR) is 75.5 cm³/mol. The number of hydrogen-bond donors (Lipinski definition) is 1. The topological polar surface area (TPSA) is 29.1 Å². The Hall–Kier alpha value is -1.75. The lowest BCUT2D eigenvalue weighted by atomic mass is 9.87. The van der Waals surface area contributed by atoms with Gasteiger partial charge in [0, 0.05) is 18.5 Å². The van der Waals surface area contributed by atoms with Gasteiger partial charge in [-0.05, 0) is 30.0 Å². The van der Waals surface area contributed by atoms with Gasteiger partial charge < -0.3 is 5.32 Å². The summed E-state index contributed by atoms with van der Waals surface area (Å²) in [5.41, 5.74) is 2.05. The molecule has 96 valence electrons. The number of rotatable bonds is 3. The molecule has 0 spiro atoms. The van der Waals surface area contributed by atoms with E-state index in [0.717, 1.165) is 0 Å². The maximum absolute atomic E-state index is 11.8. The Morgan fingerprint density at radius 3 is 2.33 bits per heavy atom. The minimum atomic E-state index is -0.0339. The van der Waals surface area contributed by atoms with Crippen molar-refractivity contribution in [1.29, 1.82) is 0 Å². The van der Waals surface area contributed by atoms with Gasteiger partial charge in [0.25, 0.3) is 5.91 Å². The quantitative estimate of drug-likeness (QED) is 0.641. The number of carbonyl (C=O) groups is 1. The zero-order valence-electron chi connectivity index (χ0n) is 11.6. The third kappa shape index (κ3) is 4.25. The van der Waals surface area contributed by atoms with E-state index < -0.39 is 0 Å². The van der Waals surface area contributed by atoms with Crippen molar-refractivity contribution in [2.75, 3.05) is 6.54 Å². The maximum Gasteiger partial charge on any atom is 0.251 e. The first kappa shape index (κ1) is 14.3. The van der Waals surface area contributed by atoms with Gasteiger partial charge in [-0.15, -0.1) is 11.8 Å². The van der Waals surface area contributed by atoms with Gasteiger partial charge in [-0.3, -0.25) is 4.79 Å². The monoisotopic (exact) mass is 243 g/mol. The summed E-state index contributed by atoms with van der Waals surface area (Å²) in [5.74, 6) is 5.69. The van der Waals surface area contributed by atoms with Crippen molar-refractivity contribution >= 4 is 5.91 Å². The second-order valence-corrected chi connectivity index (χ2v) is 5.26. The summed E-state index contributed by atoms with van der Waals surface area (Å²) in [7, 11) is 0. The van der Waals surface area contributed by atoms with Crippen LogP contribution in [0.25, 0.3) is 0 Å². The second-order valence-electron chi connectivity index (χ2n) is 5.26. The maximum atomic E-state index is 11.8. The Kier molecular flexibility index (Phi) is 4.97. The molecule has 0 saturated heterocycles. The molecule has 0 saturated carbocycles. The van der Waals surface area contributed by atoms with Crippen LogP contribution in [-0.2, 0) is 5.41 Å². The van der Waals surface area contributed by atoms with Gasteiger partial charge >= 0.3 is 0 Å². The van der Waals surface area contributed by atoms with Gasteiger partial charge in [0.05, 0.1) is 0 Å².